The SMILES string of the molecule is Cc1cc(C(=O)COC(=O)C=Cc2ccc(Br)o2)c(C)n1Cc1ccc2c(c1)OCO2. The van der Waals surface area contributed by atoms with E-state index in [9.17, 15) is 9.59 Å². The maximum Gasteiger partial charge on any atom is 0.331 e. The summed E-state index contributed by atoms with van der Waals surface area (Å²) in [7, 11) is 0. The van der Waals surface area contributed by atoms with E-state index in [0.29, 0.717) is 22.5 Å². The summed E-state index contributed by atoms with van der Waals surface area (Å²) >= 11 is 3.19. The molecule has 8 heteroatoms. The molecular weight excluding hydrogens is 466 g/mol. The number of halogens is 1. The topological polar surface area (TPSA) is 79.9 Å². The van der Waals surface area contributed by atoms with Crippen LogP contribution in [0, 0.1) is 13.8 Å². The van der Waals surface area contributed by atoms with Gasteiger partial charge in [-0.05, 0) is 71.7 Å². The normalized spacial score (nSPS) is 12.5. The lowest BCUT2D eigenvalue weighted by molar-refractivity contribution is -0.136. The molecule has 0 spiro atoms. The van der Waals surface area contributed by atoms with E-state index in [2.05, 4.69) is 15.9 Å². The summed E-state index contributed by atoms with van der Waals surface area (Å²) in [5.41, 5.74) is 3.32. The first-order valence-electron chi connectivity index (χ1n) is 9.59. The summed E-state index contributed by atoms with van der Waals surface area (Å²) in [4.78, 5) is 24.6. The van der Waals surface area contributed by atoms with Crippen LogP contribution in [-0.4, -0.2) is 29.7 Å². The van der Waals surface area contributed by atoms with Gasteiger partial charge >= 0.3 is 5.97 Å². The fourth-order valence-corrected chi connectivity index (χ4v) is 3.70. The van der Waals surface area contributed by atoms with Crippen LogP contribution < -0.4 is 9.47 Å². The first-order valence-corrected chi connectivity index (χ1v) is 10.4. The second-order valence-corrected chi connectivity index (χ2v) is 7.85. The summed E-state index contributed by atoms with van der Waals surface area (Å²) in [5, 5.41) is 0. The molecule has 7 nitrogen and oxygen atoms in total. The number of carbonyl (C=O) groups excluding carboxylic acids is 2. The smallest absolute Gasteiger partial charge is 0.331 e. The molecule has 0 unspecified atom stereocenters. The van der Waals surface area contributed by atoms with Gasteiger partial charge in [-0.25, -0.2) is 4.79 Å². The van der Waals surface area contributed by atoms with Crippen molar-refractivity contribution in [2.24, 2.45) is 0 Å². The molecule has 1 aliphatic rings. The lowest BCUT2D eigenvalue weighted by Gasteiger charge is -2.10. The number of esters is 1. The zero-order valence-electron chi connectivity index (χ0n) is 17.0. The highest BCUT2D eigenvalue weighted by Gasteiger charge is 2.18. The number of Topliss-reactive ketones (excluding diaryl/α,β-unsaturated/α-hetero) is 1. The standard InChI is InChI=1S/C23H20BrNO6/c1-14-9-18(19(26)12-28-23(27)8-5-17-4-7-22(24)31-17)15(2)25(14)11-16-3-6-20-21(10-16)30-13-29-20/h3-10H,11-13H2,1-2H3. The van der Waals surface area contributed by atoms with Gasteiger partial charge in [-0.3, -0.25) is 4.79 Å². The Kier molecular flexibility index (Phi) is 5.99. The third kappa shape index (κ3) is 4.74. The maximum atomic E-state index is 12.6. The third-order valence-electron chi connectivity index (χ3n) is 4.97. The average molecular weight is 486 g/mol. The molecule has 0 saturated heterocycles. The molecular formula is C23H20BrNO6. The van der Waals surface area contributed by atoms with Crippen LogP contribution in [0.3, 0.4) is 0 Å². The van der Waals surface area contributed by atoms with Gasteiger partial charge < -0.3 is 23.2 Å². The van der Waals surface area contributed by atoms with Gasteiger partial charge in [0.2, 0.25) is 12.6 Å². The second-order valence-electron chi connectivity index (χ2n) is 7.06. The maximum absolute atomic E-state index is 12.6. The van der Waals surface area contributed by atoms with Gasteiger partial charge in [0.25, 0.3) is 0 Å². The second kappa shape index (κ2) is 8.85. The highest BCUT2D eigenvalue weighted by atomic mass is 79.9. The molecule has 3 aromatic rings. The molecule has 0 atom stereocenters. The third-order valence-corrected chi connectivity index (χ3v) is 5.40. The number of aromatic nitrogens is 1. The first kappa shape index (κ1) is 21.0. The number of aryl methyl sites for hydroxylation is 1. The molecule has 1 aliphatic heterocycles. The average Bonchev–Trinajstić information content (AvgIpc) is 3.45. The van der Waals surface area contributed by atoms with Crippen LogP contribution in [0.2, 0.25) is 0 Å². The molecule has 3 heterocycles. The molecule has 0 radical (unpaired) electrons. The molecule has 31 heavy (non-hydrogen) atoms. The van der Waals surface area contributed by atoms with Crippen molar-refractivity contribution in [3.8, 4) is 11.5 Å². The van der Waals surface area contributed by atoms with Crippen LogP contribution >= 0.6 is 15.9 Å². The van der Waals surface area contributed by atoms with Crippen molar-refractivity contribution in [3.05, 3.63) is 75.4 Å². The Hall–Kier alpha value is -3.26. The summed E-state index contributed by atoms with van der Waals surface area (Å²) in [5.74, 6) is 1.08. The van der Waals surface area contributed by atoms with Crippen molar-refractivity contribution in [2.75, 3.05) is 13.4 Å². The van der Waals surface area contributed by atoms with Crippen LogP contribution in [0.5, 0.6) is 11.5 Å². The fraction of sp³-hybridized carbons (Fsp3) is 0.217. The minimum atomic E-state index is -0.616. The summed E-state index contributed by atoms with van der Waals surface area (Å²) in [6.45, 7) is 4.30. The number of hydrogen-bond donors (Lipinski definition) is 0. The van der Waals surface area contributed by atoms with Gasteiger partial charge in [-0.1, -0.05) is 6.07 Å². The van der Waals surface area contributed by atoms with Gasteiger partial charge in [0.05, 0.1) is 0 Å². The molecule has 2 aromatic heterocycles. The predicted molar refractivity (Wildman–Crippen MR) is 116 cm³/mol. The zero-order chi connectivity index (χ0) is 22.0. The van der Waals surface area contributed by atoms with Gasteiger partial charge in [0.15, 0.2) is 22.8 Å². The van der Waals surface area contributed by atoms with E-state index in [4.69, 9.17) is 18.6 Å². The predicted octanol–water partition coefficient (Wildman–Crippen LogP) is 4.68. The number of rotatable bonds is 7. The summed E-state index contributed by atoms with van der Waals surface area (Å²) < 4.78 is 23.8. The van der Waals surface area contributed by atoms with Gasteiger partial charge in [-0.2, -0.15) is 0 Å². The number of furan rings is 1. The highest BCUT2D eigenvalue weighted by molar-refractivity contribution is 9.10. The van der Waals surface area contributed by atoms with E-state index < -0.39 is 5.97 Å². The van der Waals surface area contributed by atoms with Gasteiger partial charge in [0.1, 0.15) is 5.76 Å². The molecule has 0 bridgehead atoms. The fourth-order valence-electron chi connectivity index (χ4n) is 3.38. The molecule has 0 saturated carbocycles. The minimum absolute atomic E-state index is 0.228. The molecule has 0 amide bonds. The van der Waals surface area contributed by atoms with Crippen LogP contribution in [0.1, 0.15) is 33.1 Å². The van der Waals surface area contributed by atoms with E-state index in [1.54, 1.807) is 12.1 Å². The van der Waals surface area contributed by atoms with Crippen molar-refractivity contribution >= 4 is 33.8 Å². The van der Waals surface area contributed by atoms with Crippen molar-refractivity contribution in [1.29, 1.82) is 0 Å². The number of fused-ring (bicyclic) bond motifs is 1. The van der Waals surface area contributed by atoms with Crippen LogP contribution in [-0.2, 0) is 16.1 Å². The summed E-state index contributed by atoms with van der Waals surface area (Å²) in [6, 6.07) is 11.0. The monoisotopic (exact) mass is 485 g/mol. The molecule has 160 valence electrons. The Balaban J connectivity index is 1.39. The Bertz CT molecular complexity index is 1170. The van der Waals surface area contributed by atoms with E-state index in [0.717, 1.165) is 28.5 Å². The van der Waals surface area contributed by atoms with Crippen molar-refractivity contribution < 1.29 is 28.2 Å². The Morgan fingerprint density at radius 2 is 1.94 bits per heavy atom. The zero-order valence-corrected chi connectivity index (χ0v) is 18.6. The number of carbonyl (C=O) groups is 2. The molecule has 0 aliphatic carbocycles. The number of nitrogens with zero attached hydrogens (tertiary/aromatic N) is 1. The van der Waals surface area contributed by atoms with Crippen molar-refractivity contribution in [2.45, 2.75) is 20.4 Å². The highest BCUT2D eigenvalue weighted by Crippen LogP contribution is 2.33. The van der Waals surface area contributed by atoms with Crippen LogP contribution in [0.25, 0.3) is 6.08 Å². The van der Waals surface area contributed by atoms with Gasteiger partial charge in [0, 0.05) is 29.6 Å². The number of benzene rings is 1. The molecule has 1 aromatic carbocycles. The van der Waals surface area contributed by atoms with Crippen LogP contribution in [0.15, 0.2) is 51.6 Å². The largest absolute Gasteiger partial charge is 0.454 e. The van der Waals surface area contributed by atoms with Gasteiger partial charge in [-0.15, -0.1) is 0 Å². The number of hydrogen-bond acceptors (Lipinski definition) is 6. The molecule has 0 N–H and O–H groups in total. The Labute approximate surface area is 187 Å². The number of ether oxygens (including phenoxy) is 3. The van der Waals surface area contributed by atoms with Crippen LogP contribution in [0.4, 0.5) is 0 Å². The summed E-state index contributed by atoms with van der Waals surface area (Å²) in [6.07, 6.45) is 2.70. The van der Waals surface area contributed by atoms with E-state index >= 15 is 0 Å². The lowest BCUT2D eigenvalue weighted by Crippen LogP contribution is -2.13. The molecule has 0 fully saturated rings. The lowest BCUT2D eigenvalue weighted by atomic mass is 10.1. The molecule has 4 rings (SSSR count). The van der Waals surface area contributed by atoms with Crippen molar-refractivity contribution in [1.82, 2.24) is 4.57 Å². The Morgan fingerprint density at radius 3 is 2.71 bits per heavy atom. The van der Waals surface area contributed by atoms with E-state index in [1.807, 2.05) is 42.7 Å². The first-order chi connectivity index (χ1) is 14.9. The van der Waals surface area contributed by atoms with E-state index in [1.165, 1.54) is 12.2 Å². The minimum Gasteiger partial charge on any atom is -0.454 e. The number of ketones is 1. The van der Waals surface area contributed by atoms with Crippen molar-refractivity contribution in [3.63, 3.8) is 0 Å². The van der Waals surface area contributed by atoms with E-state index in [-0.39, 0.29) is 19.2 Å². The quantitative estimate of drug-likeness (QED) is 0.274. The Morgan fingerprint density at radius 1 is 1.13 bits per heavy atom.